The second-order valence-electron chi connectivity index (χ2n) is 8.55. The predicted octanol–water partition coefficient (Wildman–Crippen LogP) is 5.38. The van der Waals surface area contributed by atoms with Crippen LogP contribution in [0.15, 0.2) is 74.5 Å². The van der Waals surface area contributed by atoms with Crippen molar-refractivity contribution in [2.75, 3.05) is 20.3 Å². The van der Waals surface area contributed by atoms with Crippen LogP contribution in [0, 0.1) is 0 Å². The number of fused-ring (bicyclic) bond motifs is 1. The second-order valence-corrected chi connectivity index (χ2v) is 10.3. The van der Waals surface area contributed by atoms with Gasteiger partial charge < -0.3 is 18.6 Å². The molecule has 5 rings (SSSR count). The molecule has 1 aliphatic heterocycles. The Labute approximate surface area is 243 Å². The maximum absolute atomic E-state index is 13.8. The van der Waals surface area contributed by atoms with Crippen LogP contribution in [0.25, 0.3) is 17.4 Å². The number of benzene rings is 2. The first kappa shape index (κ1) is 27.8. The van der Waals surface area contributed by atoms with Crippen molar-refractivity contribution in [1.29, 1.82) is 0 Å². The molecule has 2 aromatic heterocycles. The number of thiazole rings is 1. The molecule has 0 N–H and O–H groups in total. The Balaban J connectivity index is 1.62. The highest BCUT2D eigenvalue weighted by atomic mass is 35.5. The molecule has 0 fully saturated rings. The van der Waals surface area contributed by atoms with Crippen LogP contribution in [0.1, 0.15) is 31.2 Å². The summed E-state index contributed by atoms with van der Waals surface area (Å²) in [6, 6.07) is 13.3. The molecular formula is C29H24Cl2N2O6S. The molecule has 0 saturated carbocycles. The van der Waals surface area contributed by atoms with E-state index in [1.54, 1.807) is 54.6 Å². The van der Waals surface area contributed by atoms with E-state index in [0.29, 0.717) is 66.7 Å². The Morgan fingerprint density at radius 3 is 2.62 bits per heavy atom. The van der Waals surface area contributed by atoms with Gasteiger partial charge in [-0.05, 0) is 55.8 Å². The molecule has 0 spiro atoms. The molecule has 0 amide bonds. The molecule has 4 aromatic rings. The number of furan rings is 1. The number of esters is 1. The highest BCUT2D eigenvalue weighted by molar-refractivity contribution is 7.07. The minimum absolute atomic E-state index is 0.212. The minimum Gasteiger partial charge on any atom is -0.490 e. The van der Waals surface area contributed by atoms with Crippen molar-refractivity contribution >= 4 is 46.6 Å². The van der Waals surface area contributed by atoms with Crippen molar-refractivity contribution in [2.45, 2.75) is 19.9 Å². The molecule has 0 bridgehead atoms. The predicted molar refractivity (Wildman–Crippen MR) is 154 cm³/mol. The third kappa shape index (κ3) is 5.20. The van der Waals surface area contributed by atoms with E-state index in [4.69, 9.17) is 41.8 Å². The van der Waals surface area contributed by atoms with Crippen molar-refractivity contribution in [1.82, 2.24) is 4.57 Å². The lowest BCUT2D eigenvalue weighted by molar-refractivity contribution is -0.136. The molecule has 11 heteroatoms. The van der Waals surface area contributed by atoms with E-state index in [0.717, 1.165) is 0 Å². The molecule has 1 aliphatic rings. The maximum Gasteiger partial charge on any atom is 0.337 e. The molecule has 3 heterocycles. The number of ether oxygens (including phenoxy) is 3. The van der Waals surface area contributed by atoms with Crippen molar-refractivity contribution < 1.29 is 23.4 Å². The van der Waals surface area contributed by atoms with Gasteiger partial charge in [-0.1, -0.05) is 46.7 Å². The summed E-state index contributed by atoms with van der Waals surface area (Å²) in [7, 11) is 1.29. The molecule has 1 atom stereocenters. The number of rotatable bonds is 8. The highest BCUT2D eigenvalue weighted by Crippen LogP contribution is 2.36. The summed E-state index contributed by atoms with van der Waals surface area (Å²) in [4.78, 5) is 31.4. The van der Waals surface area contributed by atoms with Gasteiger partial charge in [-0.3, -0.25) is 9.36 Å². The van der Waals surface area contributed by atoms with E-state index < -0.39 is 12.0 Å². The Kier molecular flexibility index (Phi) is 8.16. The van der Waals surface area contributed by atoms with Crippen molar-refractivity contribution in [2.24, 2.45) is 4.99 Å². The van der Waals surface area contributed by atoms with Crippen LogP contribution in [0.2, 0.25) is 10.0 Å². The van der Waals surface area contributed by atoms with Crippen molar-refractivity contribution in [3.8, 4) is 22.8 Å². The fraction of sp³-hybridized carbons (Fsp3) is 0.207. The van der Waals surface area contributed by atoms with E-state index >= 15 is 0 Å². The molecule has 2 aromatic carbocycles. The third-order valence-corrected chi connectivity index (χ3v) is 7.94. The number of methoxy groups -OCH3 is 1. The van der Waals surface area contributed by atoms with E-state index in [9.17, 15) is 9.59 Å². The quantitative estimate of drug-likeness (QED) is 0.253. The number of aromatic nitrogens is 1. The summed E-state index contributed by atoms with van der Waals surface area (Å²) >= 11 is 13.7. The number of halogens is 2. The van der Waals surface area contributed by atoms with Gasteiger partial charge in [-0.2, -0.15) is 0 Å². The Morgan fingerprint density at radius 1 is 1.10 bits per heavy atom. The van der Waals surface area contributed by atoms with Gasteiger partial charge in [0.25, 0.3) is 5.56 Å². The summed E-state index contributed by atoms with van der Waals surface area (Å²) in [6.07, 6.45) is 3.07. The smallest absolute Gasteiger partial charge is 0.337 e. The number of hydrogen-bond acceptors (Lipinski definition) is 8. The average Bonchev–Trinajstić information content (AvgIpc) is 3.55. The lowest BCUT2D eigenvalue weighted by Gasteiger charge is -2.23. The van der Waals surface area contributed by atoms with Gasteiger partial charge in [0, 0.05) is 17.8 Å². The van der Waals surface area contributed by atoms with E-state index in [1.165, 1.54) is 29.2 Å². The van der Waals surface area contributed by atoms with Crippen LogP contribution in [0.3, 0.4) is 0 Å². The molecule has 0 radical (unpaired) electrons. The molecular weight excluding hydrogens is 575 g/mol. The first-order valence-electron chi connectivity index (χ1n) is 12.4. The lowest BCUT2D eigenvalue weighted by atomic mass is 9.97. The standard InChI is InChI=1S/C29H24Cl2N2O6S/c1-4-37-22-11-9-16(13-23(22)38-5-2)26-19(28(35)36-3)15-32-29-33(26)27(34)24(40-29)14-17-10-12-21(39-17)18-7-6-8-20(30)25(18)31/h6-15,26H,4-5H2,1-3H3/b24-14+/t26-/m0/s1. The van der Waals surface area contributed by atoms with E-state index in [-0.39, 0.29) is 11.1 Å². The summed E-state index contributed by atoms with van der Waals surface area (Å²) in [5.74, 6) is 1.43. The SMILES string of the molecule is CCOc1ccc([C@H]2C(C(=O)OC)=CN=c3s/c(=C/c4ccc(-c5cccc(Cl)c5Cl)o4)c(=O)n32)cc1OCC. The number of carbonyl (C=O) groups excluding carboxylic acids is 1. The summed E-state index contributed by atoms with van der Waals surface area (Å²) in [6.45, 7) is 4.62. The van der Waals surface area contributed by atoms with Crippen LogP contribution in [-0.2, 0) is 9.53 Å². The largest absolute Gasteiger partial charge is 0.490 e. The van der Waals surface area contributed by atoms with Gasteiger partial charge in [-0.25, -0.2) is 9.79 Å². The number of hydrogen-bond donors (Lipinski definition) is 0. The Hall–Kier alpha value is -3.79. The van der Waals surface area contributed by atoms with Crippen LogP contribution in [-0.4, -0.2) is 30.9 Å². The van der Waals surface area contributed by atoms with Gasteiger partial charge in [-0.15, -0.1) is 0 Å². The molecule has 0 unspecified atom stereocenters. The van der Waals surface area contributed by atoms with Crippen LogP contribution >= 0.6 is 34.5 Å². The molecule has 0 aliphatic carbocycles. The normalized spacial score (nSPS) is 14.8. The molecule has 40 heavy (non-hydrogen) atoms. The summed E-state index contributed by atoms with van der Waals surface area (Å²) in [5.41, 5.74) is 1.15. The second kappa shape index (κ2) is 11.8. The van der Waals surface area contributed by atoms with Crippen LogP contribution in [0.5, 0.6) is 11.5 Å². The topological polar surface area (TPSA) is 92.3 Å². The third-order valence-electron chi connectivity index (χ3n) is 6.13. The van der Waals surface area contributed by atoms with Crippen LogP contribution < -0.4 is 24.4 Å². The minimum atomic E-state index is -0.793. The summed E-state index contributed by atoms with van der Waals surface area (Å²) < 4.78 is 24.3. The zero-order valence-electron chi connectivity index (χ0n) is 21.8. The molecule has 206 valence electrons. The number of carbonyl (C=O) groups is 1. The average molecular weight is 599 g/mol. The first-order chi connectivity index (χ1) is 19.4. The molecule has 0 saturated heterocycles. The Bertz CT molecular complexity index is 1800. The molecule has 8 nitrogen and oxygen atoms in total. The van der Waals surface area contributed by atoms with Gasteiger partial charge in [0.1, 0.15) is 11.5 Å². The van der Waals surface area contributed by atoms with Crippen LogP contribution in [0.4, 0.5) is 0 Å². The summed E-state index contributed by atoms with van der Waals surface area (Å²) in [5, 5.41) is 0.787. The highest BCUT2D eigenvalue weighted by Gasteiger charge is 2.31. The maximum atomic E-state index is 13.8. The van der Waals surface area contributed by atoms with Gasteiger partial charge in [0.05, 0.1) is 46.5 Å². The lowest BCUT2D eigenvalue weighted by Crippen LogP contribution is -2.39. The van der Waals surface area contributed by atoms with E-state index in [1.807, 2.05) is 13.8 Å². The monoisotopic (exact) mass is 598 g/mol. The van der Waals surface area contributed by atoms with E-state index in [2.05, 4.69) is 4.99 Å². The first-order valence-corrected chi connectivity index (χ1v) is 14.0. The van der Waals surface area contributed by atoms with Gasteiger partial charge in [0.15, 0.2) is 16.3 Å². The number of nitrogens with zero attached hydrogens (tertiary/aromatic N) is 2. The fourth-order valence-corrected chi connectivity index (χ4v) is 5.73. The zero-order chi connectivity index (χ0) is 28.4. The van der Waals surface area contributed by atoms with Gasteiger partial charge >= 0.3 is 5.97 Å². The van der Waals surface area contributed by atoms with Crippen molar-refractivity contribution in [3.63, 3.8) is 0 Å². The Morgan fingerprint density at radius 2 is 1.88 bits per heavy atom. The zero-order valence-corrected chi connectivity index (χ0v) is 24.1. The fourth-order valence-electron chi connectivity index (χ4n) is 4.39. The van der Waals surface area contributed by atoms with Crippen molar-refractivity contribution in [3.05, 3.63) is 101 Å². The van der Waals surface area contributed by atoms with Gasteiger partial charge in [0.2, 0.25) is 0 Å².